The number of nitrogens with zero attached hydrogens (tertiary/aromatic N) is 3. The summed E-state index contributed by atoms with van der Waals surface area (Å²) < 4.78 is 1.98. The van der Waals surface area contributed by atoms with Crippen molar-refractivity contribution >= 4 is 33.5 Å². The highest BCUT2D eigenvalue weighted by atomic mass is 32.1. The van der Waals surface area contributed by atoms with Gasteiger partial charge in [-0.05, 0) is 35.2 Å². The summed E-state index contributed by atoms with van der Waals surface area (Å²) in [5.41, 5.74) is 2.14. The zero-order valence-corrected chi connectivity index (χ0v) is 13.1. The molecule has 1 atom stereocenters. The van der Waals surface area contributed by atoms with Crippen LogP contribution in [0.2, 0.25) is 0 Å². The monoisotopic (exact) mass is 317 g/mol. The van der Waals surface area contributed by atoms with E-state index in [1.807, 2.05) is 27.1 Å². The lowest BCUT2D eigenvalue weighted by molar-refractivity contribution is -0.131. The van der Waals surface area contributed by atoms with Gasteiger partial charge in [0.25, 0.3) is 0 Å². The van der Waals surface area contributed by atoms with Crippen LogP contribution in [0, 0.1) is 0 Å². The molecule has 0 N–H and O–H groups in total. The molecule has 0 aromatic carbocycles. The smallest absolute Gasteiger partial charge is 0.229 e. The summed E-state index contributed by atoms with van der Waals surface area (Å²) in [5, 5.41) is 6.24. The molecule has 3 aromatic heterocycles. The molecule has 0 saturated carbocycles. The van der Waals surface area contributed by atoms with E-state index in [2.05, 4.69) is 21.8 Å². The van der Waals surface area contributed by atoms with Gasteiger partial charge in [-0.2, -0.15) is 11.3 Å². The molecular weight excluding hydrogens is 302 g/mol. The van der Waals surface area contributed by atoms with Crippen molar-refractivity contribution in [3.8, 4) is 0 Å². The summed E-state index contributed by atoms with van der Waals surface area (Å²) in [4.78, 5) is 20.1. The number of thiophene rings is 1. The summed E-state index contributed by atoms with van der Waals surface area (Å²) in [5.74, 6) is 0.189. The average molecular weight is 317 g/mol. The van der Waals surface area contributed by atoms with Crippen LogP contribution in [-0.4, -0.2) is 26.7 Å². The van der Waals surface area contributed by atoms with Crippen LogP contribution in [0.5, 0.6) is 0 Å². The number of hydrogen-bond acceptors (Lipinski definition) is 4. The van der Waals surface area contributed by atoms with Gasteiger partial charge < -0.3 is 4.90 Å². The molecule has 0 aliphatic carbocycles. The van der Waals surface area contributed by atoms with Crippen LogP contribution in [0.15, 0.2) is 34.6 Å². The van der Waals surface area contributed by atoms with E-state index < -0.39 is 0 Å². The first-order valence-corrected chi connectivity index (χ1v) is 8.86. The van der Waals surface area contributed by atoms with Crippen molar-refractivity contribution < 1.29 is 4.79 Å². The minimum Gasteiger partial charge on any atom is -0.335 e. The minimum absolute atomic E-state index is 0.189. The predicted octanol–water partition coefficient (Wildman–Crippen LogP) is 3.36. The number of likely N-dealkylation sites (tertiary alicyclic amines) is 1. The van der Waals surface area contributed by atoms with E-state index in [-0.39, 0.29) is 11.9 Å². The summed E-state index contributed by atoms with van der Waals surface area (Å²) in [6, 6.07) is 2.39. The normalized spacial score (nSPS) is 18.7. The summed E-state index contributed by atoms with van der Waals surface area (Å²) >= 11 is 3.29. The molecule has 4 heterocycles. The van der Waals surface area contributed by atoms with Gasteiger partial charge in [0.05, 0.1) is 18.2 Å². The number of hydrogen-bond donors (Lipinski definition) is 0. The van der Waals surface area contributed by atoms with Crippen molar-refractivity contribution in [3.63, 3.8) is 0 Å². The van der Waals surface area contributed by atoms with E-state index in [9.17, 15) is 4.79 Å². The molecule has 108 valence electrons. The highest BCUT2D eigenvalue weighted by molar-refractivity contribution is 7.15. The highest BCUT2D eigenvalue weighted by Gasteiger charge is 2.30. The van der Waals surface area contributed by atoms with Gasteiger partial charge in [0.15, 0.2) is 4.96 Å². The molecule has 1 fully saturated rings. The number of imidazole rings is 1. The van der Waals surface area contributed by atoms with Gasteiger partial charge in [-0.3, -0.25) is 9.20 Å². The molecule has 6 heteroatoms. The highest BCUT2D eigenvalue weighted by Crippen LogP contribution is 2.33. The van der Waals surface area contributed by atoms with Crippen LogP contribution in [0.4, 0.5) is 0 Å². The number of carbonyl (C=O) groups is 1. The number of thiazole rings is 1. The quantitative estimate of drug-likeness (QED) is 0.743. The van der Waals surface area contributed by atoms with Crippen LogP contribution >= 0.6 is 22.7 Å². The van der Waals surface area contributed by atoms with Gasteiger partial charge >= 0.3 is 0 Å². The Labute approximate surface area is 130 Å². The second kappa shape index (κ2) is 5.27. The lowest BCUT2D eigenvalue weighted by Crippen LogP contribution is -2.31. The van der Waals surface area contributed by atoms with Crippen molar-refractivity contribution in [2.75, 3.05) is 6.54 Å². The van der Waals surface area contributed by atoms with Crippen LogP contribution in [0.1, 0.15) is 30.1 Å². The van der Waals surface area contributed by atoms with Crippen molar-refractivity contribution in [3.05, 3.63) is 45.9 Å². The third-order valence-corrected chi connectivity index (χ3v) is 5.45. The lowest BCUT2D eigenvalue weighted by Gasteiger charge is -2.24. The molecule has 0 spiro atoms. The van der Waals surface area contributed by atoms with Crippen molar-refractivity contribution in [1.82, 2.24) is 14.3 Å². The summed E-state index contributed by atoms with van der Waals surface area (Å²) in [6.07, 6.45) is 6.49. The van der Waals surface area contributed by atoms with Crippen LogP contribution < -0.4 is 0 Å². The third kappa shape index (κ3) is 2.38. The van der Waals surface area contributed by atoms with Gasteiger partial charge in [0.1, 0.15) is 0 Å². The molecule has 1 aliphatic rings. The van der Waals surface area contributed by atoms with Gasteiger partial charge in [0.2, 0.25) is 5.91 Å². The number of fused-ring (bicyclic) bond motifs is 1. The van der Waals surface area contributed by atoms with Crippen LogP contribution in [0.3, 0.4) is 0 Å². The van der Waals surface area contributed by atoms with E-state index in [0.717, 1.165) is 30.0 Å². The Morgan fingerprint density at radius 1 is 1.43 bits per heavy atom. The fourth-order valence-electron chi connectivity index (χ4n) is 2.99. The molecule has 3 aromatic rings. The Morgan fingerprint density at radius 3 is 3.19 bits per heavy atom. The van der Waals surface area contributed by atoms with E-state index in [1.54, 1.807) is 22.7 Å². The second-order valence-corrected chi connectivity index (χ2v) is 6.96. The fourth-order valence-corrected chi connectivity index (χ4v) is 4.42. The zero-order chi connectivity index (χ0) is 14.2. The molecule has 0 bridgehead atoms. The van der Waals surface area contributed by atoms with Crippen molar-refractivity contribution in [2.24, 2.45) is 0 Å². The summed E-state index contributed by atoms with van der Waals surface area (Å²) in [7, 11) is 0. The Bertz CT molecular complexity index is 730. The molecule has 4 nitrogen and oxygen atoms in total. The van der Waals surface area contributed by atoms with Gasteiger partial charge in [-0.15, -0.1) is 11.3 Å². The SMILES string of the molecule is O=C(Cc1cn2ccsc2n1)N1CCC[C@@H]1c1ccsc1. The first-order valence-electron chi connectivity index (χ1n) is 7.04. The van der Waals surface area contributed by atoms with E-state index >= 15 is 0 Å². The molecular formula is C15H15N3OS2. The Balaban J connectivity index is 1.52. The predicted molar refractivity (Wildman–Crippen MR) is 84.8 cm³/mol. The molecule has 0 radical (unpaired) electrons. The third-order valence-electron chi connectivity index (χ3n) is 3.98. The number of aromatic nitrogens is 2. The molecule has 21 heavy (non-hydrogen) atoms. The molecule has 4 rings (SSSR count). The minimum atomic E-state index is 0.189. The molecule has 0 unspecified atom stereocenters. The van der Waals surface area contributed by atoms with Gasteiger partial charge in [0, 0.05) is 24.3 Å². The first kappa shape index (κ1) is 13.0. The Morgan fingerprint density at radius 2 is 2.38 bits per heavy atom. The number of carbonyl (C=O) groups excluding carboxylic acids is 1. The van der Waals surface area contributed by atoms with Gasteiger partial charge in [-0.1, -0.05) is 0 Å². The second-order valence-electron chi connectivity index (χ2n) is 5.30. The topological polar surface area (TPSA) is 37.6 Å². The first-order chi connectivity index (χ1) is 10.3. The number of rotatable bonds is 3. The standard InChI is InChI=1S/C15H15N3OS2/c19-14(8-12-9-17-5-7-21-15(17)16-12)18-4-1-2-13(18)11-3-6-20-10-11/h3,5-7,9-10,13H,1-2,4,8H2/t13-/m1/s1. The molecule has 1 saturated heterocycles. The van der Waals surface area contributed by atoms with Crippen LogP contribution in [0.25, 0.3) is 4.96 Å². The Kier molecular flexibility index (Phi) is 3.27. The largest absolute Gasteiger partial charge is 0.335 e. The van der Waals surface area contributed by atoms with Crippen molar-refractivity contribution in [1.29, 1.82) is 0 Å². The Hall–Kier alpha value is -1.66. The average Bonchev–Trinajstić information content (AvgIpc) is 3.22. The maximum Gasteiger partial charge on any atom is 0.229 e. The van der Waals surface area contributed by atoms with Crippen LogP contribution in [-0.2, 0) is 11.2 Å². The lowest BCUT2D eigenvalue weighted by atomic mass is 10.1. The molecule has 1 amide bonds. The van der Waals surface area contributed by atoms with E-state index in [1.165, 1.54) is 5.56 Å². The maximum atomic E-state index is 12.6. The fraction of sp³-hybridized carbons (Fsp3) is 0.333. The van der Waals surface area contributed by atoms with E-state index in [0.29, 0.717) is 6.42 Å². The van der Waals surface area contributed by atoms with Gasteiger partial charge in [-0.25, -0.2) is 4.98 Å². The van der Waals surface area contributed by atoms with E-state index in [4.69, 9.17) is 0 Å². The zero-order valence-electron chi connectivity index (χ0n) is 11.4. The summed E-state index contributed by atoms with van der Waals surface area (Å²) in [6.45, 7) is 0.863. The number of amides is 1. The van der Waals surface area contributed by atoms with Crippen molar-refractivity contribution in [2.45, 2.75) is 25.3 Å². The molecule has 1 aliphatic heterocycles. The maximum absolute atomic E-state index is 12.6.